The van der Waals surface area contributed by atoms with Crippen LogP contribution in [0.25, 0.3) is 0 Å². The van der Waals surface area contributed by atoms with Crippen LogP contribution < -0.4 is 5.32 Å². The van der Waals surface area contributed by atoms with E-state index in [2.05, 4.69) is 10.2 Å². The molecule has 1 N–H and O–H groups in total. The first kappa shape index (κ1) is 13.3. The molecule has 18 heavy (non-hydrogen) atoms. The third-order valence-electron chi connectivity index (χ3n) is 3.60. The fourth-order valence-electron chi connectivity index (χ4n) is 2.33. The first-order chi connectivity index (χ1) is 8.68. The van der Waals surface area contributed by atoms with Crippen LogP contribution in [0.5, 0.6) is 0 Å². The second-order valence-electron chi connectivity index (χ2n) is 4.99. The fourth-order valence-corrected chi connectivity index (χ4v) is 2.33. The molecule has 0 aromatic carbocycles. The van der Waals surface area contributed by atoms with Gasteiger partial charge in [0.2, 0.25) is 0 Å². The summed E-state index contributed by atoms with van der Waals surface area (Å²) in [7, 11) is 2.03. The predicted octanol–water partition coefficient (Wildman–Crippen LogP) is -1.42. The molecule has 0 atom stereocenters. The topological polar surface area (TPSA) is 55.9 Å². The fraction of sp³-hybridized carbons (Fsp3) is 0.833. The van der Waals surface area contributed by atoms with Gasteiger partial charge in [0.15, 0.2) is 0 Å². The summed E-state index contributed by atoms with van der Waals surface area (Å²) < 4.78 is 0. The molecule has 2 heterocycles. The van der Waals surface area contributed by atoms with E-state index < -0.39 is 0 Å². The Morgan fingerprint density at radius 1 is 0.833 bits per heavy atom. The van der Waals surface area contributed by atoms with Crippen LogP contribution in [-0.2, 0) is 9.59 Å². The van der Waals surface area contributed by atoms with Crippen molar-refractivity contribution in [1.29, 1.82) is 0 Å². The van der Waals surface area contributed by atoms with Gasteiger partial charge in [-0.2, -0.15) is 0 Å². The zero-order chi connectivity index (χ0) is 13.0. The van der Waals surface area contributed by atoms with Crippen LogP contribution >= 0.6 is 0 Å². The van der Waals surface area contributed by atoms with Gasteiger partial charge >= 0.3 is 11.8 Å². The minimum atomic E-state index is -0.330. The van der Waals surface area contributed by atoms with Gasteiger partial charge in [0, 0.05) is 45.8 Å². The molecule has 0 spiro atoms. The highest BCUT2D eigenvalue weighted by atomic mass is 16.2. The van der Waals surface area contributed by atoms with Gasteiger partial charge in [-0.1, -0.05) is 0 Å². The average molecular weight is 254 g/mol. The molecule has 6 heteroatoms. The molecule has 2 amide bonds. The molecule has 2 saturated heterocycles. The lowest BCUT2D eigenvalue weighted by molar-refractivity contribution is -0.152. The molecule has 102 valence electrons. The molecule has 0 unspecified atom stereocenters. The van der Waals surface area contributed by atoms with Crippen molar-refractivity contribution in [2.24, 2.45) is 0 Å². The van der Waals surface area contributed by atoms with Crippen molar-refractivity contribution in [3.63, 3.8) is 0 Å². The molecule has 0 aliphatic carbocycles. The van der Waals surface area contributed by atoms with Crippen molar-refractivity contribution >= 4 is 11.8 Å². The van der Waals surface area contributed by atoms with E-state index in [1.165, 1.54) is 0 Å². The van der Waals surface area contributed by atoms with Crippen LogP contribution in [0.3, 0.4) is 0 Å². The van der Waals surface area contributed by atoms with Crippen molar-refractivity contribution in [3.8, 4) is 0 Å². The SMILES string of the molecule is CN1CCN(C(=O)C(=O)N2CCCNCC2)CC1. The summed E-state index contributed by atoms with van der Waals surface area (Å²) in [6.45, 7) is 6.04. The van der Waals surface area contributed by atoms with Crippen LogP contribution in [0.1, 0.15) is 6.42 Å². The average Bonchev–Trinajstić information content (AvgIpc) is 2.67. The van der Waals surface area contributed by atoms with Crippen LogP contribution in [0, 0.1) is 0 Å². The zero-order valence-corrected chi connectivity index (χ0v) is 11.0. The van der Waals surface area contributed by atoms with E-state index in [4.69, 9.17) is 0 Å². The van der Waals surface area contributed by atoms with E-state index in [9.17, 15) is 9.59 Å². The molecule has 0 saturated carbocycles. The number of nitrogens with one attached hydrogen (secondary N) is 1. The minimum absolute atomic E-state index is 0.329. The Balaban J connectivity index is 1.89. The third-order valence-corrected chi connectivity index (χ3v) is 3.60. The second-order valence-corrected chi connectivity index (χ2v) is 4.99. The van der Waals surface area contributed by atoms with E-state index in [1.54, 1.807) is 9.80 Å². The van der Waals surface area contributed by atoms with Crippen molar-refractivity contribution in [2.75, 3.05) is 59.4 Å². The van der Waals surface area contributed by atoms with E-state index in [0.29, 0.717) is 26.2 Å². The van der Waals surface area contributed by atoms with Gasteiger partial charge in [-0.15, -0.1) is 0 Å². The summed E-state index contributed by atoms with van der Waals surface area (Å²) in [4.78, 5) is 29.8. The number of hydrogen-bond donors (Lipinski definition) is 1. The van der Waals surface area contributed by atoms with Gasteiger partial charge in [0.05, 0.1) is 0 Å². The van der Waals surface area contributed by atoms with Gasteiger partial charge in [-0.25, -0.2) is 0 Å². The highest BCUT2D eigenvalue weighted by Gasteiger charge is 2.28. The molecule has 0 radical (unpaired) electrons. The number of amides is 2. The van der Waals surface area contributed by atoms with Crippen molar-refractivity contribution < 1.29 is 9.59 Å². The largest absolute Gasteiger partial charge is 0.333 e. The van der Waals surface area contributed by atoms with Crippen LogP contribution in [-0.4, -0.2) is 85.9 Å². The molecule has 0 aromatic heterocycles. The maximum Gasteiger partial charge on any atom is 0.312 e. The Hall–Kier alpha value is -1.14. The summed E-state index contributed by atoms with van der Waals surface area (Å²) >= 11 is 0. The molecule has 0 bridgehead atoms. The lowest BCUT2D eigenvalue weighted by Gasteiger charge is -2.33. The maximum atomic E-state index is 12.1. The number of piperazine rings is 1. The molecule has 2 aliphatic rings. The highest BCUT2D eigenvalue weighted by molar-refractivity contribution is 6.34. The van der Waals surface area contributed by atoms with Crippen LogP contribution in [0.2, 0.25) is 0 Å². The Morgan fingerprint density at radius 3 is 2.11 bits per heavy atom. The van der Waals surface area contributed by atoms with E-state index >= 15 is 0 Å². The Kier molecular flexibility index (Phi) is 4.54. The van der Waals surface area contributed by atoms with Crippen molar-refractivity contribution in [2.45, 2.75) is 6.42 Å². The third kappa shape index (κ3) is 3.20. The maximum absolute atomic E-state index is 12.1. The molecule has 2 aliphatic heterocycles. The number of rotatable bonds is 0. The van der Waals surface area contributed by atoms with Crippen LogP contribution in [0.4, 0.5) is 0 Å². The first-order valence-electron chi connectivity index (χ1n) is 6.66. The molecule has 2 rings (SSSR count). The minimum Gasteiger partial charge on any atom is -0.333 e. The van der Waals surface area contributed by atoms with Crippen molar-refractivity contribution in [1.82, 2.24) is 20.0 Å². The molecular formula is C12H22N4O2. The summed E-state index contributed by atoms with van der Waals surface area (Å²) in [6, 6.07) is 0. The quantitative estimate of drug-likeness (QED) is 0.539. The zero-order valence-electron chi connectivity index (χ0n) is 11.0. The molecule has 0 aromatic rings. The smallest absolute Gasteiger partial charge is 0.312 e. The van der Waals surface area contributed by atoms with Gasteiger partial charge in [0.25, 0.3) is 0 Å². The molecular weight excluding hydrogens is 232 g/mol. The van der Waals surface area contributed by atoms with Gasteiger partial charge in [-0.3, -0.25) is 9.59 Å². The Morgan fingerprint density at radius 2 is 1.44 bits per heavy atom. The van der Waals surface area contributed by atoms with E-state index in [-0.39, 0.29) is 11.8 Å². The summed E-state index contributed by atoms with van der Waals surface area (Å²) in [6.07, 6.45) is 0.918. The molecule has 2 fully saturated rings. The van der Waals surface area contributed by atoms with Crippen molar-refractivity contribution in [3.05, 3.63) is 0 Å². The number of carbonyl (C=O) groups is 2. The summed E-state index contributed by atoms with van der Waals surface area (Å²) in [5.74, 6) is -0.659. The Labute approximate surface area is 108 Å². The van der Waals surface area contributed by atoms with Gasteiger partial charge in [-0.05, 0) is 20.0 Å². The Bertz CT molecular complexity index is 305. The van der Waals surface area contributed by atoms with E-state index in [0.717, 1.165) is 32.6 Å². The summed E-state index contributed by atoms with van der Waals surface area (Å²) in [5.41, 5.74) is 0. The first-order valence-corrected chi connectivity index (χ1v) is 6.66. The second kappa shape index (κ2) is 6.15. The van der Waals surface area contributed by atoms with E-state index in [1.807, 2.05) is 7.05 Å². The lowest BCUT2D eigenvalue weighted by Crippen LogP contribution is -2.52. The predicted molar refractivity (Wildman–Crippen MR) is 68.1 cm³/mol. The highest BCUT2D eigenvalue weighted by Crippen LogP contribution is 2.04. The number of hydrogen-bond acceptors (Lipinski definition) is 4. The monoisotopic (exact) mass is 254 g/mol. The number of nitrogens with zero attached hydrogens (tertiary/aromatic N) is 3. The van der Waals surface area contributed by atoms with Gasteiger partial charge in [0.1, 0.15) is 0 Å². The number of likely N-dealkylation sites (N-methyl/N-ethyl adjacent to an activating group) is 1. The molecule has 6 nitrogen and oxygen atoms in total. The standard InChI is InChI=1S/C12H22N4O2/c1-14-7-9-16(10-8-14)12(18)11(17)15-5-2-3-13-4-6-15/h13H,2-10H2,1H3. The van der Waals surface area contributed by atoms with Crippen LogP contribution in [0.15, 0.2) is 0 Å². The normalized spacial score (nSPS) is 22.7. The van der Waals surface area contributed by atoms with Gasteiger partial charge < -0.3 is 20.0 Å². The lowest BCUT2D eigenvalue weighted by atomic mass is 10.3. The summed E-state index contributed by atoms with van der Waals surface area (Å²) in [5, 5.41) is 3.23. The number of carbonyl (C=O) groups excluding carboxylic acids is 2.